The van der Waals surface area contributed by atoms with Gasteiger partial charge in [0, 0.05) is 12.1 Å². The molecule has 0 heterocycles. The third-order valence-electron chi connectivity index (χ3n) is 2.75. The molecule has 0 aliphatic heterocycles. The molecule has 1 aliphatic carbocycles. The molecule has 0 aromatic heterocycles. The number of nitrogens with zero attached hydrogens (tertiary/aromatic N) is 1. The predicted molar refractivity (Wildman–Crippen MR) is 58.6 cm³/mol. The quantitative estimate of drug-likeness (QED) is 0.698. The Hall–Kier alpha value is -0.610. The van der Waals surface area contributed by atoms with Gasteiger partial charge in [-0.2, -0.15) is 5.06 Å². The van der Waals surface area contributed by atoms with Gasteiger partial charge >= 0.3 is 0 Å². The van der Waals surface area contributed by atoms with E-state index in [2.05, 4.69) is 5.32 Å². The smallest absolute Gasteiger partial charge is 0.236 e. The number of hydrogen-bond donors (Lipinski definition) is 2. The van der Waals surface area contributed by atoms with Crippen LogP contribution in [0.15, 0.2) is 0 Å². The van der Waals surface area contributed by atoms with Crippen LogP contribution in [0.4, 0.5) is 0 Å². The number of amides is 1. The lowest BCUT2D eigenvalue weighted by atomic mass is 9.95. The number of rotatable bonds is 4. The summed E-state index contributed by atoms with van der Waals surface area (Å²) in [4.78, 5) is 11.4. The fourth-order valence-corrected chi connectivity index (χ4v) is 2.02. The zero-order valence-corrected chi connectivity index (χ0v) is 9.70. The van der Waals surface area contributed by atoms with Gasteiger partial charge in [-0.3, -0.25) is 4.79 Å². The lowest BCUT2D eigenvalue weighted by Gasteiger charge is -2.28. The molecule has 0 atom stereocenters. The summed E-state index contributed by atoms with van der Waals surface area (Å²) in [6.07, 6.45) is 5.58. The standard InChI is InChI=1S/C11H22N2O2/c1-9(2)12-11(14)8-13(15)10-6-4-3-5-7-10/h9-10,15H,3-8H2,1-2H3,(H,12,14). The van der Waals surface area contributed by atoms with Crippen LogP contribution in [0.3, 0.4) is 0 Å². The van der Waals surface area contributed by atoms with Gasteiger partial charge in [-0.1, -0.05) is 19.3 Å². The minimum Gasteiger partial charge on any atom is -0.353 e. The summed E-state index contributed by atoms with van der Waals surface area (Å²) in [5.41, 5.74) is 0. The van der Waals surface area contributed by atoms with Gasteiger partial charge in [0.05, 0.1) is 0 Å². The Morgan fingerprint density at radius 2 is 2.00 bits per heavy atom. The van der Waals surface area contributed by atoms with Crippen LogP contribution in [-0.4, -0.2) is 34.8 Å². The monoisotopic (exact) mass is 214 g/mol. The molecule has 0 saturated heterocycles. The zero-order valence-electron chi connectivity index (χ0n) is 9.70. The van der Waals surface area contributed by atoms with E-state index >= 15 is 0 Å². The van der Waals surface area contributed by atoms with Crippen molar-refractivity contribution in [1.82, 2.24) is 10.4 Å². The van der Waals surface area contributed by atoms with Gasteiger partial charge in [-0.25, -0.2) is 0 Å². The second kappa shape index (κ2) is 6.08. The number of carbonyl (C=O) groups is 1. The lowest BCUT2D eigenvalue weighted by Crippen LogP contribution is -2.43. The molecule has 1 fully saturated rings. The van der Waals surface area contributed by atoms with E-state index in [1.54, 1.807) is 0 Å². The van der Waals surface area contributed by atoms with Crippen LogP contribution in [0.25, 0.3) is 0 Å². The highest BCUT2D eigenvalue weighted by Gasteiger charge is 2.21. The third kappa shape index (κ3) is 4.62. The fraction of sp³-hybridized carbons (Fsp3) is 0.909. The molecule has 0 aromatic rings. The maximum absolute atomic E-state index is 11.4. The highest BCUT2D eigenvalue weighted by atomic mass is 16.5. The van der Waals surface area contributed by atoms with E-state index in [9.17, 15) is 10.0 Å². The van der Waals surface area contributed by atoms with Gasteiger partial charge in [-0.05, 0) is 26.7 Å². The number of hydroxylamine groups is 2. The van der Waals surface area contributed by atoms with E-state index < -0.39 is 0 Å². The molecule has 1 aliphatic rings. The van der Waals surface area contributed by atoms with Crippen molar-refractivity contribution in [3.05, 3.63) is 0 Å². The van der Waals surface area contributed by atoms with Crippen molar-refractivity contribution in [2.45, 2.75) is 58.0 Å². The summed E-state index contributed by atoms with van der Waals surface area (Å²) < 4.78 is 0. The molecule has 1 rings (SSSR count). The summed E-state index contributed by atoms with van der Waals surface area (Å²) in [6.45, 7) is 3.93. The van der Waals surface area contributed by atoms with Crippen LogP contribution in [-0.2, 0) is 4.79 Å². The van der Waals surface area contributed by atoms with E-state index in [-0.39, 0.29) is 24.5 Å². The van der Waals surface area contributed by atoms with Crippen molar-refractivity contribution < 1.29 is 10.0 Å². The molecule has 0 spiro atoms. The van der Waals surface area contributed by atoms with E-state index in [4.69, 9.17) is 0 Å². The molecule has 15 heavy (non-hydrogen) atoms. The average molecular weight is 214 g/mol. The van der Waals surface area contributed by atoms with Crippen molar-refractivity contribution in [1.29, 1.82) is 0 Å². The van der Waals surface area contributed by atoms with E-state index in [1.165, 1.54) is 11.5 Å². The molecular formula is C11H22N2O2. The normalized spacial score (nSPS) is 18.5. The van der Waals surface area contributed by atoms with Gasteiger partial charge in [0.15, 0.2) is 0 Å². The molecular weight excluding hydrogens is 192 g/mol. The van der Waals surface area contributed by atoms with Gasteiger partial charge < -0.3 is 10.5 Å². The average Bonchev–Trinajstić information content (AvgIpc) is 2.17. The first-order valence-corrected chi connectivity index (χ1v) is 5.84. The minimum atomic E-state index is -0.0990. The van der Waals surface area contributed by atoms with Gasteiger partial charge in [0.25, 0.3) is 0 Å². The van der Waals surface area contributed by atoms with E-state index in [0.29, 0.717) is 0 Å². The maximum atomic E-state index is 11.4. The molecule has 0 radical (unpaired) electrons. The molecule has 88 valence electrons. The van der Waals surface area contributed by atoms with Gasteiger partial charge in [0.1, 0.15) is 6.54 Å². The fourth-order valence-electron chi connectivity index (χ4n) is 2.02. The molecule has 1 saturated carbocycles. The third-order valence-corrected chi connectivity index (χ3v) is 2.75. The maximum Gasteiger partial charge on any atom is 0.236 e. The SMILES string of the molecule is CC(C)NC(=O)CN(O)C1CCCCC1. The number of hydrogen-bond acceptors (Lipinski definition) is 3. The van der Waals surface area contributed by atoms with Crippen LogP contribution in [0.5, 0.6) is 0 Å². The Labute approximate surface area is 91.6 Å². The summed E-state index contributed by atoms with van der Waals surface area (Å²) in [6, 6.07) is 0.314. The van der Waals surface area contributed by atoms with Crippen LogP contribution in [0.2, 0.25) is 0 Å². The topological polar surface area (TPSA) is 52.6 Å². The second-order valence-electron chi connectivity index (χ2n) is 4.61. The predicted octanol–water partition coefficient (Wildman–Crippen LogP) is 1.53. The van der Waals surface area contributed by atoms with Crippen LogP contribution in [0, 0.1) is 0 Å². The summed E-state index contributed by atoms with van der Waals surface area (Å²) in [5, 5.41) is 13.7. The van der Waals surface area contributed by atoms with E-state index in [1.807, 2.05) is 13.8 Å². The van der Waals surface area contributed by atoms with Gasteiger partial charge in [-0.15, -0.1) is 0 Å². The molecule has 4 heteroatoms. The molecule has 0 bridgehead atoms. The van der Waals surface area contributed by atoms with Crippen LogP contribution < -0.4 is 5.32 Å². The molecule has 2 N–H and O–H groups in total. The highest BCUT2D eigenvalue weighted by Crippen LogP contribution is 2.21. The first-order valence-electron chi connectivity index (χ1n) is 5.84. The Bertz CT molecular complexity index is 201. The minimum absolute atomic E-state index is 0.0990. The molecule has 1 amide bonds. The largest absolute Gasteiger partial charge is 0.353 e. The number of carbonyl (C=O) groups excluding carboxylic acids is 1. The van der Waals surface area contributed by atoms with Crippen molar-refractivity contribution in [3.8, 4) is 0 Å². The Balaban J connectivity index is 2.27. The molecule has 0 aromatic carbocycles. The summed E-state index contributed by atoms with van der Waals surface area (Å²) >= 11 is 0. The van der Waals surface area contributed by atoms with Crippen LogP contribution in [0.1, 0.15) is 46.0 Å². The number of nitrogens with one attached hydrogen (secondary N) is 1. The molecule has 4 nitrogen and oxygen atoms in total. The van der Waals surface area contributed by atoms with Crippen molar-refractivity contribution in [3.63, 3.8) is 0 Å². The Morgan fingerprint density at radius 3 is 2.53 bits per heavy atom. The van der Waals surface area contributed by atoms with Crippen molar-refractivity contribution in [2.75, 3.05) is 6.54 Å². The lowest BCUT2D eigenvalue weighted by molar-refractivity contribution is -0.153. The van der Waals surface area contributed by atoms with Crippen molar-refractivity contribution in [2.24, 2.45) is 0 Å². The zero-order chi connectivity index (χ0) is 11.3. The highest BCUT2D eigenvalue weighted by molar-refractivity contribution is 5.78. The Morgan fingerprint density at radius 1 is 1.40 bits per heavy atom. The molecule has 0 unspecified atom stereocenters. The summed E-state index contributed by atoms with van der Waals surface area (Å²) in [7, 11) is 0. The van der Waals surface area contributed by atoms with Gasteiger partial charge in [0.2, 0.25) is 5.91 Å². The second-order valence-corrected chi connectivity index (χ2v) is 4.61. The first-order chi connectivity index (χ1) is 7.09. The first kappa shape index (κ1) is 12.5. The van der Waals surface area contributed by atoms with Crippen LogP contribution >= 0.6 is 0 Å². The summed E-state index contributed by atoms with van der Waals surface area (Å²) in [5.74, 6) is -0.0990. The van der Waals surface area contributed by atoms with E-state index in [0.717, 1.165) is 25.7 Å². The van der Waals surface area contributed by atoms with Crippen molar-refractivity contribution >= 4 is 5.91 Å². The Kier molecular flexibility index (Phi) is 5.05.